The Hall–Kier alpha value is -1.82. The second-order valence-electron chi connectivity index (χ2n) is 6.55. The molecule has 0 aliphatic rings. The average Bonchev–Trinajstić information content (AvgIpc) is 2.56. The number of benzene rings is 1. The monoisotopic (exact) mass is 364 g/mol. The maximum absolute atomic E-state index is 11.9. The molecule has 0 fully saturated rings. The van der Waals surface area contributed by atoms with Crippen LogP contribution in [0.1, 0.15) is 52.5 Å². The molecule has 0 aromatic heterocycles. The Bertz CT molecular complexity index is 610. The Kier molecular flexibility index (Phi) is 8.69. The Balaban J connectivity index is 2.51. The fraction of sp³-hybridized carbons (Fsp3) is 0.526. The van der Waals surface area contributed by atoms with E-state index in [0.717, 1.165) is 23.4 Å². The van der Waals surface area contributed by atoms with E-state index in [4.69, 9.17) is 4.74 Å². The van der Waals surface area contributed by atoms with Crippen LogP contribution in [0.3, 0.4) is 0 Å². The molecule has 1 aromatic carbocycles. The molecule has 0 spiro atoms. The number of nitrogens with one attached hydrogen (secondary N) is 1. The van der Waals surface area contributed by atoms with Crippen LogP contribution < -0.4 is 10.2 Å². The molecule has 1 aromatic rings. The van der Waals surface area contributed by atoms with Gasteiger partial charge in [0.1, 0.15) is 11.5 Å². The van der Waals surface area contributed by atoms with Crippen LogP contribution in [0.2, 0.25) is 0 Å². The summed E-state index contributed by atoms with van der Waals surface area (Å²) in [6.45, 7) is 8.01. The summed E-state index contributed by atoms with van der Waals surface area (Å²) < 4.78 is 5.49. The van der Waals surface area contributed by atoms with Crippen LogP contribution >= 0.6 is 11.8 Å². The normalized spacial score (nSPS) is 12.0. The van der Waals surface area contributed by atoms with E-state index in [1.807, 2.05) is 51.3 Å². The number of hydrogen-bond donors (Lipinski definition) is 1. The van der Waals surface area contributed by atoms with Gasteiger partial charge in [-0.1, -0.05) is 13.8 Å². The highest BCUT2D eigenvalue weighted by atomic mass is 32.2. The van der Waals surface area contributed by atoms with Crippen molar-refractivity contribution in [3.8, 4) is 5.75 Å². The molecule has 6 heteroatoms. The summed E-state index contributed by atoms with van der Waals surface area (Å²) in [5.74, 6) is 0.837. The predicted octanol–water partition coefficient (Wildman–Crippen LogP) is 3.81. The predicted molar refractivity (Wildman–Crippen MR) is 104 cm³/mol. The van der Waals surface area contributed by atoms with Gasteiger partial charge in [0, 0.05) is 17.6 Å². The zero-order valence-corrected chi connectivity index (χ0v) is 16.5. The molecule has 0 aliphatic heterocycles. The summed E-state index contributed by atoms with van der Waals surface area (Å²) in [6, 6.07) is 7.52. The molecule has 1 N–H and O–H groups in total. The van der Waals surface area contributed by atoms with Crippen molar-refractivity contribution in [2.24, 2.45) is 5.10 Å². The quantitative estimate of drug-likeness (QED) is 0.389. The lowest BCUT2D eigenvalue weighted by atomic mass is 10.1. The first-order valence-corrected chi connectivity index (χ1v) is 9.57. The Morgan fingerprint density at radius 2 is 1.84 bits per heavy atom. The number of hydrogen-bond acceptors (Lipinski definition) is 5. The number of rotatable bonds is 10. The van der Waals surface area contributed by atoms with Gasteiger partial charge in [-0.2, -0.15) is 16.9 Å². The van der Waals surface area contributed by atoms with Crippen molar-refractivity contribution in [1.29, 1.82) is 0 Å². The number of nitrogens with zero attached hydrogens (tertiary/aromatic N) is 1. The van der Waals surface area contributed by atoms with Gasteiger partial charge in [-0.05, 0) is 56.4 Å². The molecule has 5 nitrogen and oxygen atoms in total. The zero-order valence-electron chi connectivity index (χ0n) is 15.7. The molecule has 0 saturated heterocycles. The van der Waals surface area contributed by atoms with E-state index < -0.39 is 0 Å². The lowest BCUT2D eigenvalue weighted by Crippen LogP contribution is -2.27. The van der Waals surface area contributed by atoms with Gasteiger partial charge in [-0.25, -0.2) is 5.43 Å². The van der Waals surface area contributed by atoms with Crippen molar-refractivity contribution in [2.75, 3.05) is 12.9 Å². The highest BCUT2D eigenvalue weighted by molar-refractivity contribution is 7.99. The number of thioether (sulfide) groups is 1. The van der Waals surface area contributed by atoms with E-state index in [1.165, 1.54) is 0 Å². The first kappa shape index (κ1) is 21.2. The van der Waals surface area contributed by atoms with Gasteiger partial charge < -0.3 is 9.53 Å². The lowest BCUT2D eigenvalue weighted by molar-refractivity contribution is -0.121. The fourth-order valence-corrected chi connectivity index (χ4v) is 2.29. The number of amides is 1. The van der Waals surface area contributed by atoms with Gasteiger partial charge >= 0.3 is 0 Å². The largest absolute Gasteiger partial charge is 0.494 e. The molecule has 1 rings (SSSR count). The number of ketones is 1. The Morgan fingerprint density at radius 3 is 2.40 bits per heavy atom. The number of carbonyl (C=O) groups excluding carboxylic acids is 2. The molecule has 1 amide bonds. The van der Waals surface area contributed by atoms with Crippen molar-refractivity contribution in [3.05, 3.63) is 29.8 Å². The number of hydrazone groups is 1. The van der Waals surface area contributed by atoms with Gasteiger partial charge in [0.05, 0.1) is 12.3 Å². The third kappa shape index (κ3) is 8.72. The summed E-state index contributed by atoms with van der Waals surface area (Å²) in [4.78, 5) is 22.8. The SMILES string of the molecule is CSC(C)(C)CC(=O)NN=C(C)c1ccc(OCCCC(C)=O)cc1. The molecule has 0 aliphatic carbocycles. The van der Waals surface area contributed by atoms with Crippen molar-refractivity contribution in [2.45, 2.75) is 51.7 Å². The van der Waals surface area contributed by atoms with E-state index in [0.29, 0.717) is 19.4 Å². The van der Waals surface area contributed by atoms with Gasteiger partial charge in [-0.15, -0.1) is 0 Å². The maximum atomic E-state index is 11.9. The van der Waals surface area contributed by atoms with Gasteiger partial charge in [0.15, 0.2) is 0 Å². The van der Waals surface area contributed by atoms with Crippen LogP contribution in [-0.4, -0.2) is 35.0 Å². The smallest absolute Gasteiger partial charge is 0.241 e. The Morgan fingerprint density at radius 1 is 1.20 bits per heavy atom. The molecule has 0 bridgehead atoms. The molecule has 0 heterocycles. The van der Waals surface area contributed by atoms with E-state index in [1.54, 1.807) is 18.7 Å². The zero-order chi connectivity index (χ0) is 18.9. The van der Waals surface area contributed by atoms with E-state index >= 15 is 0 Å². The van der Waals surface area contributed by atoms with Crippen molar-refractivity contribution < 1.29 is 14.3 Å². The average molecular weight is 365 g/mol. The van der Waals surface area contributed by atoms with E-state index in [-0.39, 0.29) is 16.4 Å². The molecular formula is C19H28N2O3S. The van der Waals surface area contributed by atoms with Crippen LogP contribution in [0.15, 0.2) is 29.4 Å². The molecule has 25 heavy (non-hydrogen) atoms. The van der Waals surface area contributed by atoms with Crippen molar-refractivity contribution in [3.63, 3.8) is 0 Å². The topological polar surface area (TPSA) is 67.8 Å². The third-order valence-electron chi connectivity index (χ3n) is 3.70. The summed E-state index contributed by atoms with van der Waals surface area (Å²) in [5.41, 5.74) is 4.26. The van der Waals surface area contributed by atoms with Gasteiger partial charge in [0.2, 0.25) is 5.91 Å². The van der Waals surface area contributed by atoms with E-state index in [2.05, 4.69) is 10.5 Å². The second-order valence-corrected chi connectivity index (χ2v) is 8.06. The third-order valence-corrected chi connectivity index (χ3v) is 4.95. The summed E-state index contributed by atoms with van der Waals surface area (Å²) in [6.07, 6.45) is 3.66. The molecule has 0 radical (unpaired) electrons. The van der Waals surface area contributed by atoms with Crippen LogP contribution in [-0.2, 0) is 9.59 Å². The van der Waals surface area contributed by atoms with Crippen molar-refractivity contribution in [1.82, 2.24) is 5.43 Å². The minimum Gasteiger partial charge on any atom is -0.494 e. The first-order chi connectivity index (χ1) is 11.7. The van der Waals surface area contributed by atoms with Crippen LogP contribution in [0, 0.1) is 0 Å². The minimum absolute atomic E-state index is 0.0934. The molecular weight excluding hydrogens is 336 g/mol. The van der Waals surface area contributed by atoms with Crippen molar-refractivity contribution >= 4 is 29.2 Å². The Labute approximate surface area is 154 Å². The maximum Gasteiger partial charge on any atom is 0.241 e. The number of ether oxygens (including phenoxy) is 1. The molecule has 0 saturated carbocycles. The standard InChI is InChI=1S/C19H28N2O3S/c1-14(22)7-6-12-24-17-10-8-16(9-11-17)15(2)20-21-18(23)13-19(3,4)25-5/h8-11H,6-7,12-13H2,1-5H3,(H,21,23). The highest BCUT2D eigenvalue weighted by Crippen LogP contribution is 2.24. The summed E-state index contributed by atoms with van der Waals surface area (Å²) >= 11 is 1.66. The summed E-state index contributed by atoms with van der Waals surface area (Å²) in [7, 11) is 0. The molecule has 0 atom stereocenters. The first-order valence-electron chi connectivity index (χ1n) is 8.34. The highest BCUT2D eigenvalue weighted by Gasteiger charge is 2.20. The second kappa shape index (κ2) is 10.2. The molecule has 0 unspecified atom stereocenters. The van der Waals surface area contributed by atoms with E-state index in [9.17, 15) is 9.59 Å². The molecule has 138 valence electrons. The van der Waals surface area contributed by atoms with Crippen LogP contribution in [0.25, 0.3) is 0 Å². The van der Waals surface area contributed by atoms with Crippen LogP contribution in [0.4, 0.5) is 0 Å². The van der Waals surface area contributed by atoms with Crippen LogP contribution in [0.5, 0.6) is 5.75 Å². The lowest BCUT2D eigenvalue weighted by Gasteiger charge is -2.20. The number of carbonyl (C=O) groups is 2. The summed E-state index contributed by atoms with van der Waals surface area (Å²) in [5, 5.41) is 4.17. The van der Waals surface area contributed by atoms with Gasteiger partial charge in [-0.3, -0.25) is 4.79 Å². The number of Topliss-reactive ketones (excluding diaryl/α,β-unsaturated/α-hetero) is 1. The fourth-order valence-electron chi connectivity index (χ4n) is 2.01. The van der Waals surface area contributed by atoms with Gasteiger partial charge in [0.25, 0.3) is 0 Å². The minimum atomic E-state index is -0.102.